The van der Waals surface area contributed by atoms with Gasteiger partial charge in [-0.05, 0) is 42.0 Å². The Morgan fingerprint density at radius 1 is 1.17 bits per heavy atom. The Kier molecular flexibility index (Phi) is 4.90. The highest BCUT2D eigenvalue weighted by Gasteiger charge is 2.15. The number of benzene rings is 2. The number of anilines is 1. The summed E-state index contributed by atoms with van der Waals surface area (Å²) in [5.74, 6) is 0.586. The van der Waals surface area contributed by atoms with Gasteiger partial charge in [0.15, 0.2) is 0 Å². The van der Waals surface area contributed by atoms with Crippen LogP contribution in [0.25, 0.3) is 0 Å². The molecule has 2 aromatic carbocycles. The number of hydrogen-bond donors (Lipinski definition) is 2. The lowest BCUT2D eigenvalue weighted by atomic mass is 10.1. The Morgan fingerprint density at radius 3 is 2.52 bits per heavy atom. The number of ether oxygens (including phenoxy) is 2. The number of methoxy groups -OCH3 is 1. The molecule has 1 saturated heterocycles. The van der Waals surface area contributed by atoms with Crippen molar-refractivity contribution in [2.75, 3.05) is 32.1 Å². The molecule has 0 aromatic heterocycles. The maximum absolute atomic E-state index is 12.2. The summed E-state index contributed by atoms with van der Waals surface area (Å²) < 4.78 is 10.8. The van der Waals surface area contributed by atoms with Gasteiger partial charge in [-0.2, -0.15) is 0 Å². The van der Waals surface area contributed by atoms with Crippen molar-refractivity contribution in [1.29, 1.82) is 0 Å². The molecule has 0 aliphatic carbocycles. The normalized spacial score (nSPS) is 17.5. The molecule has 0 radical (unpaired) electrons. The minimum atomic E-state index is -0.143. The third-order valence-corrected chi connectivity index (χ3v) is 3.82. The number of morpholine rings is 1. The molecule has 1 heterocycles. The molecule has 1 atom stereocenters. The van der Waals surface area contributed by atoms with Gasteiger partial charge in [-0.3, -0.25) is 4.79 Å². The predicted molar refractivity (Wildman–Crippen MR) is 89.0 cm³/mol. The van der Waals surface area contributed by atoms with Gasteiger partial charge in [0, 0.05) is 24.3 Å². The van der Waals surface area contributed by atoms with E-state index in [1.54, 1.807) is 31.4 Å². The molecule has 0 bridgehead atoms. The molecule has 0 spiro atoms. The third kappa shape index (κ3) is 3.88. The number of carbonyl (C=O) groups is 1. The molecule has 3 rings (SSSR count). The fourth-order valence-corrected chi connectivity index (χ4v) is 2.51. The van der Waals surface area contributed by atoms with Crippen molar-refractivity contribution in [2.45, 2.75) is 6.10 Å². The van der Waals surface area contributed by atoms with E-state index in [1.165, 1.54) is 0 Å². The van der Waals surface area contributed by atoms with Crippen LogP contribution >= 0.6 is 0 Å². The minimum Gasteiger partial charge on any atom is -0.497 e. The SMILES string of the molecule is COc1ccc(C(=O)Nc2ccc(C3CNCCO3)cc2)cc1. The average Bonchev–Trinajstić information content (AvgIpc) is 2.63. The number of amides is 1. The van der Waals surface area contributed by atoms with Crippen molar-refractivity contribution in [1.82, 2.24) is 5.32 Å². The molecule has 1 fully saturated rings. The van der Waals surface area contributed by atoms with Crippen molar-refractivity contribution in [3.8, 4) is 5.75 Å². The second-order valence-electron chi connectivity index (χ2n) is 5.37. The highest BCUT2D eigenvalue weighted by molar-refractivity contribution is 6.04. The van der Waals surface area contributed by atoms with Gasteiger partial charge in [-0.15, -0.1) is 0 Å². The fraction of sp³-hybridized carbons (Fsp3) is 0.278. The smallest absolute Gasteiger partial charge is 0.255 e. The summed E-state index contributed by atoms with van der Waals surface area (Å²) in [6.45, 7) is 2.44. The van der Waals surface area contributed by atoms with Gasteiger partial charge in [-0.25, -0.2) is 0 Å². The van der Waals surface area contributed by atoms with Crippen LogP contribution in [0.15, 0.2) is 48.5 Å². The van der Waals surface area contributed by atoms with E-state index >= 15 is 0 Å². The molecule has 1 aliphatic heterocycles. The molecule has 1 aliphatic rings. The third-order valence-electron chi connectivity index (χ3n) is 3.82. The van der Waals surface area contributed by atoms with Crippen molar-refractivity contribution in [3.63, 3.8) is 0 Å². The predicted octanol–water partition coefficient (Wildman–Crippen LogP) is 2.61. The maximum atomic E-state index is 12.2. The number of hydrogen-bond acceptors (Lipinski definition) is 4. The summed E-state index contributed by atoms with van der Waals surface area (Å²) in [5.41, 5.74) is 2.47. The van der Waals surface area contributed by atoms with Crippen LogP contribution in [0.2, 0.25) is 0 Å². The van der Waals surface area contributed by atoms with E-state index in [1.807, 2.05) is 24.3 Å². The molecule has 5 heteroatoms. The van der Waals surface area contributed by atoms with E-state index < -0.39 is 0 Å². The first-order valence-electron chi connectivity index (χ1n) is 7.64. The lowest BCUT2D eigenvalue weighted by Crippen LogP contribution is -2.33. The Labute approximate surface area is 135 Å². The number of nitrogens with one attached hydrogen (secondary N) is 2. The van der Waals surface area contributed by atoms with Gasteiger partial charge >= 0.3 is 0 Å². The second kappa shape index (κ2) is 7.26. The molecule has 5 nitrogen and oxygen atoms in total. The van der Waals surface area contributed by atoms with Crippen molar-refractivity contribution in [2.24, 2.45) is 0 Å². The summed E-state index contributed by atoms with van der Waals surface area (Å²) in [6.07, 6.45) is 0.0788. The first kappa shape index (κ1) is 15.5. The van der Waals surface area contributed by atoms with Gasteiger partial charge in [0.2, 0.25) is 0 Å². The zero-order chi connectivity index (χ0) is 16.1. The van der Waals surface area contributed by atoms with Gasteiger partial charge in [-0.1, -0.05) is 12.1 Å². The Balaban J connectivity index is 1.63. The van der Waals surface area contributed by atoms with E-state index in [4.69, 9.17) is 9.47 Å². The lowest BCUT2D eigenvalue weighted by molar-refractivity contribution is 0.0277. The van der Waals surface area contributed by atoms with Crippen LogP contribution in [-0.4, -0.2) is 32.7 Å². The molecule has 1 amide bonds. The summed E-state index contributed by atoms with van der Waals surface area (Å²) >= 11 is 0. The van der Waals surface area contributed by atoms with Crippen LogP contribution in [0.4, 0.5) is 5.69 Å². The molecular weight excluding hydrogens is 292 g/mol. The van der Waals surface area contributed by atoms with Gasteiger partial charge in [0.05, 0.1) is 19.8 Å². The molecule has 2 N–H and O–H groups in total. The molecule has 0 saturated carbocycles. The quantitative estimate of drug-likeness (QED) is 0.911. The summed E-state index contributed by atoms with van der Waals surface area (Å²) in [6, 6.07) is 14.8. The highest BCUT2D eigenvalue weighted by Crippen LogP contribution is 2.21. The Morgan fingerprint density at radius 2 is 1.91 bits per heavy atom. The summed E-state index contributed by atoms with van der Waals surface area (Å²) in [7, 11) is 1.60. The van der Waals surface area contributed by atoms with Crippen LogP contribution < -0.4 is 15.4 Å². The lowest BCUT2D eigenvalue weighted by Gasteiger charge is -2.24. The van der Waals surface area contributed by atoms with Crippen LogP contribution in [0.3, 0.4) is 0 Å². The van der Waals surface area contributed by atoms with E-state index in [0.717, 1.165) is 36.7 Å². The standard InChI is InChI=1S/C18H20N2O3/c1-22-16-8-4-14(5-9-16)18(21)20-15-6-2-13(3-7-15)17-12-19-10-11-23-17/h2-9,17,19H,10-12H2,1H3,(H,20,21). The Hall–Kier alpha value is -2.37. The zero-order valence-electron chi connectivity index (χ0n) is 13.0. The number of rotatable bonds is 4. The van der Waals surface area contributed by atoms with Crippen LogP contribution in [0.5, 0.6) is 5.75 Å². The zero-order valence-corrected chi connectivity index (χ0v) is 13.0. The number of carbonyl (C=O) groups excluding carboxylic acids is 1. The first-order valence-corrected chi connectivity index (χ1v) is 7.64. The van der Waals surface area contributed by atoms with Gasteiger partial charge in [0.1, 0.15) is 5.75 Å². The molecule has 1 unspecified atom stereocenters. The molecular formula is C18H20N2O3. The molecule has 2 aromatic rings. The summed E-state index contributed by atoms with van der Waals surface area (Å²) in [5, 5.41) is 6.20. The van der Waals surface area contributed by atoms with Crippen molar-refractivity contribution in [3.05, 3.63) is 59.7 Å². The van der Waals surface area contributed by atoms with E-state index in [2.05, 4.69) is 10.6 Å². The van der Waals surface area contributed by atoms with Gasteiger partial charge < -0.3 is 20.1 Å². The van der Waals surface area contributed by atoms with Crippen LogP contribution in [0.1, 0.15) is 22.0 Å². The van der Waals surface area contributed by atoms with Crippen LogP contribution in [-0.2, 0) is 4.74 Å². The van der Waals surface area contributed by atoms with Gasteiger partial charge in [0.25, 0.3) is 5.91 Å². The van der Waals surface area contributed by atoms with Crippen molar-refractivity contribution < 1.29 is 14.3 Å². The van der Waals surface area contributed by atoms with E-state index in [-0.39, 0.29) is 12.0 Å². The largest absolute Gasteiger partial charge is 0.497 e. The average molecular weight is 312 g/mol. The molecule has 120 valence electrons. The van der Waals surface area contributed by atoms with Crippen LogP contribution in [0, 0.1) is 0 Å². The van der Waals surface area contributed by atoms with E-state index in [9.17, 15) is 4.79 Å². The Bertz CT molecular complexity index is 647. The minimum absolute atomic E-state index is 0.0788. The monoisotopic (exact) mass is 312 g/mol. The van der Waals surface area contributed by atoms with E-state index in [0.29, 0.717) is 5.56 Å². The molecule has 23 heavy (non-hydrogen) atoms. The fourth-order valence-electron chi connectivity index (χ4n) is 2.51. The van der Waals surface area contributed by atoms with Crippen molar-refractivity contribution >= 4 is 11.6 Å². The topological polar surface area (TPSA) is 59.6 Å². The first-order chi connectivity index (χ1) is 11.3. The summed E-state index contributed by atoms with van der Waals surface area (Å²) in [4.78, 5) is 12.2. The maximum Gasteiger partial charge on any atom is 0.255 e. The highest BCUT2D eigenvalue weighted by atomic mass is 16.5. The second-order valence-corrected chi connectivity index (χ2v) is 5.37.